The Morgan fingerprint density at radius 2 is 2.00 bits per heavy atom. The van der Waals surface area contributed by atoms with Crippen LogP contribution in [0.2, 0.25) is 5.02 Å². The van der Waals surface area contributed by atoms with E-state index in [1.54, 1.807) is 28.8 Å². The van der Waals surface area contributed by atoms with Crippen LogP contribution in [-0.4, -0.2) is 19.7 Å². The summed E-state index contributed by atoms with van der Waals surface area (Å²) in [5, 5.41) is 5.61. The molecule has 0 amide bonds. The van der Waals surface area contributed by atoms with Crippen LogP contribution in [-0.2, 0) is 12.3 Å². The van der Waals surface area contributed by atoms with Crippen LogP contribution in [0.5, 0.6) is 0 Å². The summed E-state index contributed by atoms with van der Waals surface area (Å²) < 4.78 is 6.91. The molecule has 0 saturated heterocycles. The fraction of sp³-hybridized carbons (Fsp3) is 0.100. The van der Waals surface area contributed by atoms with E-state index in [0.29, 0.717) is 45.1 Å². The van der Waals surface area contributed by atoms with Gasteiger partial charge in [0.05, 0.1) is 16.7 Å². The molecule has 0 aliphatic heterocycles. The molecule has 0 atom stereocenters. The molecule has 4 aromatic rings. The number of fused-ring (bicyclic) bond motifs is 1. The van der Waals surface area contributed by atoms with E-state index >= 15 is 0 Å². The van der Waals surface area contributed by atoms with Gasteiger partial charge in [-0.1, -0.05) is 52.8 Å². The second kappa shape index (κ2) is 8.00. The minimum Gasteiger partial charge on any atom is -0.334 e. The number of hydrogen-bond donors (Lipinski definition) is 0. The predicted octanol–water partition coefficient (Wildman–Crippen LogP) is 4.58. The minimum atomic E-state index is -0.137. The Morgan fingerprint density at radius 3 is 2.79 bits per heavy atom. The topological polar surface area (TPSA) is 73.8 Å². The van der Waals surface area contributed by atoms with E-state index in [-0.39, 0.29) is 5.56 Å². The quantitative estimate of drug-likeness (QED) is 0.263. The fourth-order valence-electron chi connectivity index (χ4n) is 2.71. The van der Waals surface area contributed by atoms with Crippen molar-refractivity contribution in [2.24, 2.45) is 0 Å². The average molecular weight is 411 g/mol. The molecule has 0 saturated carbocycles. The molecule has 0 unspecified atom stereocenters. The van der Waals surface area contributed by atoms with Crippen molar-refractivity contribution in [3.05, 3.63) is 82.4 Å². The molecule has 0 aliphatic rings. The Labute approximate surface area is 169 Å². The van der Waals surface area contributed by atoms with Gasteiger partial charge in [-0.2, -0.15) is 4.98 Å². The molecule has 28 heavy (non-hydrogen) atoms. The van der Waals surface area contributed by atoms with Crippen molar-refractivity contribution in [1.82, 2.24) is 19.7 Å². The smallest absolute Gasteiger partial charge is 0.262 e. The standard InChI is InChI=1S/C20H15ClN4O2S/c1-2-10-25-19(26)15-9-8-14(21)11-16(15)22-20(25)28-12-17-23-18(27-24-17)13-6-4-3-5-7-13/h2-9,11H,1,10,12H2. The van der Waals surface area contributed by atoms with Gasteiger partial charge in [-0.3, -0.25) is 9.36 Å². The molecule has 2 aromatic heterocycles. The van der Waals surface area contributed by atoms with Crippen LogP contribution in [0.25, 0.3) is 22.4 Å². The van der Waals surface area contributed by atoms with Crippen LogP contribution in [0.1, 0.15) is 5.82 Å². The summed E-state index contributed by atoms with van der Waals surface area (Å²) in [6.45, 7) is 4.09. The molecular formula is C20H15ClN4O2S. The number of hydrogen-bond acceptors (Lipinski definition) is 6. The van der Waals surface area contributed by atoms with Gasteiger partial charge in [0.25, 0.3) is 11.4 Å². The molecule has 140 valence electrons. The Morgan fingerprint density at radius 1 is 1.18 bits per heavy atom. The van der Waals surface area contributed by atoms with Gasteiger partial charge >= 0.3 is 0 Å². The molecule has 0 aliphatic carbocycles. The third-order valence-electron chi connectivity index (χ3n) is 4.01. The summed E-state index contributed by atoms with van der Waals surface area (Å²) in [5.41, 5.74) is 1.27. The molecule has 0 spiro atoms. The summed E-state index contributed by atoms with van der Waals surface area (Å²) in [7, 11) is 0. The van der Waals surface area contributed by atoms with Gasteiger partial charge in [-0.05, 0) is 30.3 Å². The highest BCUT2D eigenvalue weighted by Crippen LogP contribution is 2.24. The van der Waals surface area contributed by atoms with E-state index < -0.39 is 0 Å². The van der Waals surface area contributed by atoms with Crippen molar-refractivity contribution in [3.63, 3.8) is 0 Å². The van der Waals surface area contributed by atoms with Gasteiger partial charge in [-0.15, -0.1) is 6.58 Å². The highest BCUT2D eigenvalue weighted by molar-refractivity contribution is 7.98. The van der Waals surface area contributed by atoms with Crippen LogP contribution in [0.4, 0.5) is 0 Å². The molecule has 0 bridgehead atoms. The number of allylic oxidation sites excluding steroid dienone is 1. The maximum atomic E-state index is 12.8. The SMILES string of the molecule is C=CCn1c(SCc2noc(-c3ccccc3)n2)nc2cc(Cl)ccc2c1=O. The predicted molar refractivity (Wildman–Crippen MR) is 111 cm³/mol. The van der Waals surface area contributed by atoms with Gasteiger partial charge in [0.1, 0.15) is 0 Å². The lowest BCUT2D eigenvalue weighted by atomic mass is 10.2. The first-order valence-corrected chi connectivity index (χ1v) is 9.84. The Hall–Kier alpha value is -2.90. The first-order chi connectivity index (χ1) is 13.7. The highest BCUT2D eigenvalue weighted by Gasteiger charge is 2.14. The number of thioether (sulfide) groups is 1. The lowest BCUT2D eigenvalue weighted by molar-refractivity contribution is 0.425. The van der Waals surface area contributed by atoms with E-state index in [0.717, 1.165) is 5.56 Å². The molecule has 0 N–H and O–H groups in total. The van der Waals surface area contributed by atoms with Crippen molar-refractivity contribution in [3.8, 4) is 11.5 Å². The number of benzene rings is 2. The van der Waals surface area contributed by atoms with Crippen molar-refractivity contribution < 1.29 is 4.52 Å². The van der Waals surface area contributed by atoms with Gasteiger partial charge in [0, 0.05) is 17.1 Å². The molecule has 0 radical (unpaired) electrons. The number of halogens is 1. The number of nitrogens with zero attached hydrogens (tertiary/aromatic N) is 4. The fourth-order valence-corrected chi connectivity index (χ4v) is 3.73. The molecule has 6 nitrogen and oxygen atoms in total. The van der Waals surface area contributed by atoms with E-state index in [1.807, 2.05) is 30.3 Å². The summed E-state index contributed by atoms with van der Waals surface area (Å²) in [6, 6.07) is 14.6. The summed E-state index contributed by atoms with van der Waals surface area (Å²) in [4.78, 5) is 21.8. The zero-order chi connectivity index (χ0) is 19.5. The monoisotopic (exact) mass is 410 g/mol. The Balaban J connectivity index is 1.64. The first kappa shape index (κ1) is 18.5. The molecule has 2 aromatic carbocycles. The van der Waals surface area contributed by atoms with E-state index in [9.17, 15) is 4.79 Å². The van der Waals surface area contributed by atoms with Crippen LogP contribution < -0.4 is 5.56 Å². The first-order valence-electron chi connectivity index (χ1n) is 8.47. The zero-order valence-electron chi connectivity index (χ0n) is 14.7. The van der Waals surface area contributed by atoms with Gasteiger partial charge in [0.2, 0.25) is 0 Å². The normalized spacial score (nSPS) is 11.0. The van der Waals surface area contributed by atoms with Crippen LogP contribution in [0.3, 0.4) is 0 Å². The molecular weight excluding hydrogens is 396 g/mol. The Bertz CT molecular complexity index is 1200. The van der Waals surface area contributed by atoms with Crippen molar-refractivity contribution in [2.45, 2.75) is 17.5 Å². The lowest BCUT2D eigenvalue weighted by Crippen LogP contribution is -2.22. The van der Waals surface area contributed by atoms with Crippen molar-refractivity contribution in [2.75, 3.05) is 0 Å². The van der Waals surface area contributed by atoms with Crippen molar-refractivity contribution >= 4 is 34.3 Å². The maximum Gasteiger partial charge on any atom is 0.262 e. The molecule has 2 heterocycles. The largest absolute Gasteiger partial charge is 0.334 e. The average Bonchev–Trinajstić information content (AvgIpc) is 3.18. The van der Waals surface area contributed by atoms with Gasteiger partial charge in [0.15, 0.2) is 11.0 Å². The number of aromatic nitrogens is 4. The molecule has 4 rings (SSSR count). The number of rotatable bonds is 6. The van der Waals surface area contributed by atoms with E-state index in [4.69, 9.17) is 16.1 Å². The Kier molecular flexibility index (Phi) is 5.27. The van der Waals surface area contributed by atoms with Crippen LogP contribution >= 0.6 is 23.4 Å². The zero-order valence-corrected chi connectivity index (χ0v) is 16.3. The van der Waals surface area contributed by atoms with Crippen LogP contribution in [0, 0.1) is 0 Å². The molecule has 0 fully saturated rings. The lowest BCUT2D eigenvalue weighted by Gasteiger charge is -2.10. The van der Waals surface area contributed by atoms with Gasteiger partial charge in [-0.25, -0.2) is 4.98 Å². The summed E-state index contributed by atoms with van der Waals surface area (Å²) in [6.07, 6.45) is 1.66. The van der Waals surface area contributed by atoms with E-state index in [1.165, 1.54) is 11.8 Å². The maximum absolute atomic E-state index is 12.8. The third-order valence-corrected chi connectivity index (χ3v) is 5.22. The van der Waals surface area contributed by atoms with Crippen molar-refractivity contribution in [1.29, 1.82) is 0 Å². The van der Waals surface area contributed by atoms with Gasteiger partial charge < -0.3 is 4.52 Å². The van der Waals surface area contributed by atoms with Crippen LogP contribution in [0.15, 0.2) is 75.7 Å². The summed E-state index contributed by atoms with van der Waals surface area (Å²) >= 11 is 7.41. The summed E-state index contributed by atoms with van der Waals surface area (Å²) in [5.74, 6) is 1.39. The molecule has 8 heteroatoms. The van der Waals surface area contributed by atoms with E-state index in [2.05, 4.69) is 21.7 Å². The minimum absolute atomic E-state index is 0.137. The third kappa shape index (κ3) is 3.72. The second-order valence-electron chi connectivity index (χ2n) is 5.93. The highest BCUT2D eigenvalue weighted by atomic mass is 35.5. The second-order valence-corrected chi connectivity index (χ2v) is 7.31.